The first-order chi connectivity index (χ1) is 16.9. The molecule has 0 bridgehead atoms. The maximum absolute atomic E-state index is 12.9. The molecule has 8 nitrogen and oxygen atoms in total. The third kappa shape index (κ3) is 5.88. The van der Waals surface area contributed by atoms with Crippen molar-refractivity contribution in [2.45, 2.75) is 45.4 Å². The Balaban J connectivity index is 1.44. The number of aryl methyl sites for hydroxylation is 1. The van der Waals surface area contributed by atoms with Crippen LogP contribution >= 0.6 is 23.1 Å². The minimum atomic E-state index is -0.317. The van der Waals surface area contributed by atoms with Gasteiger partial charge in [0.05, 0.1) is 22.0 Å². The van der Waals surface area contributed by atoms with Gasteiger partial charge in [-0.15, -0.1) is 10.2 Å². The molecule has 2 N–H and O–H groups in total. The van der Waals surface area contributed by atoms with Crippen LogP contribution in [0.25, 0.3) is 10.2 Å². The predicted octanol–water partition coefficient (Wildman–Crippen LogP) is 5.07. The van der Waals surface area contributed by atoms with Crippen molar-refractivity contribution in [2.75, 3.05) is 11.1 Å². The third-order valence-corrected chi connectivity index (χ3v) is 7.40. The van der Waals surface area contributed by atoms with Gasteiger partial charge in [-0.25, -0.2) is 4.98 Å². The summed E-state index contributed by atoms with van der Waals surface area (Å²) in [4.78, 5) is 29.9. The van der Waals surface area contributed by atoms with Gasteiger partial charge in [0, 0.05) is 12.1 Å². The number of rotatable bonds is 9. The Morgan fingerprint density at radius 1 is 1.09 bits per heavy atom. The molecule has 0 aliphatic rings. The summed E-state index contributed by atoms with van der Waals surface area (Å²) in [6.07, 6.45) is 0. The molecule has 0 unspecified atom stereocenters. The monoisotopic (exact) mass is 508 g/mol. The molecule has 4 aromatic rings. The molecule has 2 heterocycles. The van der Waals surface area contributed by atoms with Gasteiger partial charge in [0.1, 0.15) is 0 Å². The first kappa shape index (κ1) is 24.9. The van der Waals surface area contributed by atoms with Crippen molar-refractivity contribution < 1.29 is 9.59 Å². The molecule has 0 saturated carbocycles. The number of amides is 2. The average Bonchev–Trinajstić information content (AvgIpc) is 3.44. The number of anilines is 1. The largest absolute Gasteiger partial charge is 0.342 e. The number of thioether (sulfide) groups is 1. The fourth-order valence-corrected chi connectivity index (χ4v) is 5.30. The summed E-state index contributed by atoms with van der Waals surface area (Å²) in [7, 11) is 0. The van der Waals surface area contributed by atoms with E-state index in [9.17, 15) is 9.59 Å². The maximum Gasteiger partial charge on any atom is 0.251 e. The summed E-state index contributed by atoms with van der Waals surface area (Å²) in [5.41, 5.74) is 2.56. The number of para-hydroxylation sites is 1. The highest BCUT2D eigenvalue weighted by Gasteiger charge is 2.26. The summed E-state index contributed by atoms with van der Waals surface area (Å²) in [5, 5.41) is 15.9. The number of carbonyl (C=O) groups is 2. The van der Waals surface area contributed by atoms with Gasteiger partial charge >= 0.3 is 0 Å². The number of aromatic nitrogens is 4. The Morgan fingerprint density at radius 3 is 2.51 bits per heavy atom. The van der Waals surface area contributed by atoms with E-state index in [4.69, 9.17) is 0 Å². The van der Waals surface area contributed by atoms with E-state index in [1.807, 2.05) is 80.8 Å². The van der Waals surface area contributed by atoms with E-state index in [1.54, 1.807) is 0 Å². The Labute approximate surface area is 212 Å². The quantitative estimate of drug-likeness (QED) is 0.306. The Kier molecular flexibility index (Phi) is 7.82. The molecule has 10 heteroatoms. The molecule has 35 heavy (non-hydrogen) atoms. The summed E-state index contributed by atoms with van der Waals surface area (Å²) < 4.78 is 2.98. The highest BCUT2D eigenvalue weighted by molar-refractivity contribution is 7.99. The number of carbonyl (C=O) groups excluding carboxylic acids is 2. The first-order valence-corrected chi connectivity index (χ1v) is 13.2. The average molecular weight is 509 g/mol. The van der Waals surface area contributed by atoms with Crippen molar-refractivity contribution in [1.29, 1.82) is 0 Å². The number of nitrogens with zero attached hydrogens (tertiary/aromatic N) is 4. The van der Waals surface area contributed by atoms with E-state index in [1.165, 1.54) is 23.1 Å². The molecule has 2 amide bonds. The number of thiazole rings is 1. The molecule has 0 spiro atoms. The standard InChI is InChI=1S/C25H28N6O2S2/c1-5-31-22(21(15(2)3)28-23(33)17-12-10-16(4)11-13-17)29-30-25(31)34-14-20(32)27-24-26-18-8-6-7-9-19(18)35-24/h6-13,15,21H,5,14H2,1-4H3,(H,28,33)(H,26,27,32)/t21-/m1/s1. The van der Waals surface area contributed by atoms with Gasteiger partial charge in [0.15, 0.2) is 16.1 Å². The predicted molar refractivity (Wildman–Crippen MR) is 141 cm³/mol. The van der Waals surface area contributed by atoms with E-state index in [2.05, 4.69) is 25.8 Å². The zero-order valence-corrected chi connectivity index (χ0v) is 21.7. The number of hydrogen-bond donors (Lipinski definition) is 2. The number of benzene rings is 2. The molecular formula is C25H28N6O2S2. The van der Waals surface area contributed by atoms with Crippen molar-refractivity contribution in [2.24, 2.45) is 5.92 Å². The van der Waals surface area contributed by atoms with Gasteiger partial charge in [-0.2, -0.15) is 0 Å². The molecule has 0 saturated heterocycles. The zero-order valence-electron chi connectivity index (χ0n) is 20.1. The van der Waals surface area contributed by atoms with Crippen LogP contribution in [-0.4, -0.2) is 37.3 Å². The molecule has 0 aliphatic carbocycles. The lowest BCUT2D eigenvalue weighted by molar-refractivity contribution is -0.113. The van der Waals surface area contributed by atoms with E-state index >= 15 is 0 Å². The number of hydrogen-bond acceptors (Lipinski definition) is 7. The number of nitrogens with one attached hydrogen (secondary N) is 2. The van der Waals surface area contributed by atoms with Gasteiger partial charge < -0.3 is 15.2 Å². The van der Waals surface area contributed by atoms with Crippen LogP contribution in [0.4, 0.5) is 5.13 Å². The molecular weight excluding hydrogens is 480 g/mol. The van der Waals surface area contributed by atoms with Crippen molar-refractivity contribution in [3.8, 4) is 0 Å². The van der Waals surface area contributed by atoms with E-state index < -0.39 is 0 Å². The fourth-order valence-electron chi connectivity index (χ4n) is 3.60. The number of fused-ring (bicyclic) bond motifs is 1. The summed E-state index contributed by atoms with van der Waals surface area (Å²) in [5.74, 6) is 0.639. The van der Waals surface area contributed by atoms with Crippen LogP contribution in [0.2, 0.25) is 0 Å². The molecule has 2 aromatic carbocycles. The minimum absolute atomic E-state index is 0.0964. The van der Waals surface area contributed by atoms with Crippen LogP contribution in [0, 0.1) is 12.8 Å². The van der Waals surface area contributed by atoms with Gasteiger partial charge in [-0.05, 0) is 44.0 Å². The lowest BCUT2D eigenvalue weighted by Gasteiger charge is -2.22. The minimum Gasteiger partial charge on any atom is -0.342 e. The summed E-state index contributed by atoms with van der Waals surface area (Å²) in [6, 6.07) is 14.9. The van der Waals surface area contributed by atoms with Crippen molar-refractivity contribution in [3.63, 3.8) is 0 Å². The van der Waals surface area contributed by atoms with Gasteiger partial charge in [0.25, 0.3) is 5.91 Å². The highest BCUT2D eigenvalue weighted by Crippen LogP contribution is 2.27. The zero-order chi connectivity index (χ0) is 24.9. The Morgan fingerprint density at radius 2 is 1.83 bits per heavy atom. The van der Waals surface area contributed by atoms with E-state index in [0.29, 0.717) is 28.2 Å². The van der Waals surface area contributed by atoms with Crippen LogP contribution in [0.1, 0.15) is 48.6 Å². The summed E-state index contributed by atoms with van der Waals surface area (Å²) in [6.45, 7) is 8.67. The smallest absolute Gasteiger partial charge is 0.251 e. The molecule has 182 valence electrons. The first-order valence-electron chi connectivity index (χ1n) is 11.4. The van der Waals surface area contributed by atoms with E-state index in [0.717, 1.165) is 15.8 Å². The van der Waals surface area contributed by atoms with Crippen LogP contribution in [0.5, 0.6) is 0 Å². The third-order valence-electron chi connectivity index (χ3n) is 5.48. The van der Waals surface area contributed by atoms with Gasteiger partial charge in [-0.3, -0.25) is 9.59 Å². The topological polar surface area (TPSA) is 102 Å². The maximum atomic E-state index is 12.9. The second-order valence-electron chi connectivity index (χ2n) is 8.47. The highest BCUT2D eigenvalue weighted by atomic mass is 32.2. The molecule has 0 fully saturated rings. The molecule has 1 atom stereocenters. The SMILES string of the molecule is CCn1c(SCC(=O)Nc2nc3ccccc3s2)nnc1[C@H](NC(=O)c1ccc(C)cc1)C(C)C. The summed E-state index contributed by atoms with van der Waals surface area (Å²) >= 11 is 2.76. The molecule has 2 aromatic heterocycles. The van der Waals surface area contributed by atoms with Gasteiger partial charge in [-0.1, -0.05) is 66.8 Å². The van der Waals surface area contributed by atoms with E-state index in [-0.39, 0.29) is 29.5 Å². The van der Waals surface area contributed by atoms with Crippen LogP contribution in [0.15, 0.2) is 53.7 Å². The second-order valence-corrected chi connectivity index (χ2v) is 10.4. The normalized spacial score (nSPS) is 12.1. The lowest BCUT2D eigenvalue weighted by atomic mass is 10.0. The Hall–Kier alpha value is -3.24. The van der Waals surface area contributed by atoms with Gasteiger partial charge in [0.2, 0.25) is 5.91 Å². The van der Waals surface area contributed by atoms with Crippen LogP contribution in [-0.2, 0) is 11.3 Å². The van der Waals surface area contributed by atoms with Crippen molar-refractivity contribution in [3.05, 3.63) is 65.5 Å². The lowest BCUT2D eigenvalue weighted by Crippen LogP contribution is -2.33. The molecule has 0 aliphatic heterocycles. The van der Waals surface area contributed by atoms with Crippen molar-refractivity contribution in [1.82, 2.24) is 25.1 Å². The van der Waals surface area contributed by atoms with Crippen LogP contribution < -0.4 is 10.6 Å². The fraction of sp³-hybridized carbons (Fsp3) is 0.320. The van der Waals surface area contributed by atoms with Crippen LogP contribution in [0.3, 0.4) is 0 Å². The Bertz CT molecular complexity index is 1300. The second kappa shape index (κ2) is 11.0. The van der Waals surface area contributed by atoms with Crippen molar-refractivity contribution >= 4 is 50.3 Å². The molecule has 0 radical (unpaired) electrons. The molecule has 4 rings (SSSR count).